The summed E-state index contributed by atoms with van der Waals surface area (Å²) in [7, 11) is 0. The molecule has 0 bridgehead atoms. The lowest BCUT2D eigenvalue weighted by Gasteiger charge is -2.08. The SMILES string of the molecule is c1ccc(COc2ccc(-n3c4ncccc4n4ccnc34)cc2)cc1. The van der Waals surface area contributed by atoms with Crippen LogP contribution in [0.15, 0.2) is 85.3 Å². The maximum absolute atomic E-state index is 5.88. The number of ether oxygens (including phenoxy) is 1. The molecule has 5 heteroatoms. The highest BCUT2D eigenvalue weighted by Crippen LogP contribution is 2.24. The fourth-order valence-electron chi connectivity index (χ4n) is 3.16. The first-order chi connectivity index (χ1) is 12.9. The second-order valence-corrected chi connectivity index (χ2v) is 6.05. The van der Waals surface area contributed by atoms with Gasteiger partial charge in [-0.1, -0.05) is 30.3 Å². The Bertz CT molecular complexity index is 1170. The largest absolute Gasteiger partial charge is 0.489 e. The van der Waals surface area contributed by atoms with Gasteiger partial charge in [0.25, 0.3) is 0 Å². The minimum absolute atomic E-state index is 0.554. The molecule has 5 aromatic rings. The van der Waals surface area contributed by atoms with Crippen molar-refractivity contribution in [1.29, 1.82) is 0 Å². The van der Waals surface area contributed by atoms with Gasteiger partial charge in [0.2, 0.25) is 5.78 Å². The van der Waals surface area contributed by atoms with Crippen LogP contribution in [0.3, 0.4) is 0 Å². The van der Waals surface area contributed by atoms with E-state index in [1.807, 2.05) is 65.2 Å². The molecular weight excluding hydrogens is 324 g/mol. The second-order valence-electron chi connectivity index (χ2n) is 6.05. The molecule has 3 aromatic heterocycles. The quantitative estimate of drug-likeness (QED) is 0.491. The zero-order valence-electron chi connectivity index (χ0n) is 14.0. The number of hydrogen-bond donors (Lipinski definition) is 0. The summed E-state index contributed by atoms with van der Waals surface area (Å²) >= 11 is 0. The molecule has 5 nitrogen and oxygen atoms in total. The first-order valence-electron chi connectivity index (χ1n) is 8.46. The van der Waals surface area contributed by atoms with E-state index in [2.05, 4.69) is 26.7 Å². The molecule has 0 saturated heterocycles. The van der Waals surface area contributed by atoms with Crippen LogP contribution in [0.4, 0.5) is 0 Å². The predicted octanol–water partition coefficient (Wildman–Crippen LogP) is 4.25. The number of nitrogens with zero attached hydrogens (tertiary/aromatic N) is 4. The van der Waals surface area contributed by atoms with E-state index in [4.69, 9.17) is 4.74 Å². The molecule has 0 saturated carbocycles. The minimum Gasteiger partial charge on any atom is -0.489 e. The van der Waals surface area contributed by atoms with E-state index in [1.165, 1.54) is 0 Å². The molecule has 126 valence electrons. The Hall–Kier alpha value is -3.60. The predicted molar refractivity (Wildman–Crippen MR) is 101 cm³/mol. The number of benzene rings is 2. The number of pyridine rings is 1. The summed E-state index contributed by atoms with van der Waals surface area (Å²) in [5.74, 6) is 1.68. The zero-order chi connectivity index (χ0) is 17.3. The Morgan fingerprint density at radius 1 is 0.808 bits per heavy atom. The van der Waals surface area contributed by atoms with E-state index >= 15 is 0 Å². The van der Waals surface area contributed by atoms with Gasteiger partial charge < -0.3 is 4.74 Å². The van der Waals surface area contributed by atoms with Gasteiger partial charge in [0.05, 0.1) is 11.2 Å². The van der Waals surface area contributed by atoms with Crippen molar-refractivity contribution < 1.29 is 4.74 Å². The molecule has 0 radical (unpaired) electrons. The first-order valence-corrected chi connectivity index (χ1v) is 8.46. The van der Waals surface area contributed by atoms with Gasteiger partial charge in [-0.2, -0.15) is 0 Å². The minimum atomic E-state index is 0.554. The van der Waals surface area contributed by atoms with E-state index in [-0.39, 0.29) is 0 Å². The fourth-order valence-corrected chi connectivity index (χ4v) is 3.16. The van der Waals surface area contributed by atoms with Crippen molar-refractivity contribution in [3.05, 3.63) is 90.9 Å². The van der Waals surface area contributed by atoms with E-state index in [9.17, 15) is 0 Å². The molecule has 3 heterocycles. The van der Waals surface area contributed by atoms with E-state index < -0.39 is 0 Å². The van der Waals surface area contributed by atoms with Crippen LogP contribution in [-0.2, 0) is 6.61 Å². The van der Waals surface area contributed by atoms with Gasteiger partial charge in [0.1, 0.15) is 12.4 Å². The molecule has 26 heavy (non-hydrogen) atoms. The van der Waals surface area contributed by atoms with Gasteiger partial charge >= 0.3 is 0 Å². The third-order valence-electron chi connectivity index (χ3n) is 4.40. The van der Waals surface area contributed by atoms with Crippen molar-refractivity contribution in [3.8, 4) is 11.4 Å². The highest BCUT2D eigenvalue weighted by atomic mass is 16.5. The number of hydrogen-bond acceptors (Lipinski definition) is 3. The summed E-state index contributed by atoms with van der Waals surface area (Å²) in [6.07, 6.45) is 5.55. The summed E-state index contributed by atoms with van der Waals surface area (Å²) in [5.41, 5.74) is 4.07. The monoisotopic (exact) mass is 340 g/mol. The van der Waals surface area contributed by atoms with Gasteiger partial charge in [0.15, 0.2) is 5.65 Å². The Kier molecular flexibility index (Phi) is 3.42. The van der Waals surface area contributed by atoms with Gasteiger partial charge in [-0.05, 0) is 42.0 Å². The van der Waals surface area contributed by atoms with Gasteiger partial charge in [-0.15, -0.1) is 0 Å². The van der Waals surface area contributed by atoms with Crippen molar-refractivity contribution >= 4 is 16.9 Å². The van der Waals surface area contributed by atoms with Gasteiger partial charge in [-0.25, -0.2) is 9.97 Å². The van der Waals surface area contributed by atoms with Gasteiger partial charge in [0, 0.05) is 18.6 Å². The number of rotatable bonds is 4. The van der Waals surface area contributed by atoms with Crippen LogP contribution in [0.25, 0.3) is 22.6 Å². The highest BCUT2D eigenvalue weighted by Gasteiger charge is 2.13. The maximum atomic E-state index is 5.88. The van der Waals surface area contributed by atoms with Crippen molar-refractivity contribution in [2.24, 2.45) is 0 Å². The Labute approximate surface area is 150 Å². The molecule has 2 aromatic carbocycles. The third-order valence-corrected chi connectivity index (χ3v) is 4.40. The normalized spacial score (nSPS) is 11.2. The summed E-state index contributed by atoms with van der Waals surface area (Å²) in [6, 6.07) is 22.2. The highest BCUT2D eigenvalue weighted by molar-refractivity contribution is 5.79. The lowest BCUT2D eigenvalue weighted by Crippen LogP contribution is -1.98. The van der Waals surface area contributed by atoms with E-state index in [1.54, 1.807) is 12.4 Å². The molecule has 5 rings (SSSR count). The van der Waals surface area contributed by atoms with Crippen LogP contribution in [0.2, 0.25) is 0 Å². The maximum Gasteiger partial charge on any atom is 0.220 e. The van der Waals surface area contributed by atoms with Crippen LogP contribution in [-0.4, -0.2) is 18.9 Å². The zero-order valence-corrected chi connectivity index (χ0v) is 14.0. The molecule has 0 atom stereocenters. The third kappa shape index (κ3) is 2.41. The Balaban J connectivity index is 1.49. The molecule has 0 amide bonds. The molecule has 0 fully saturated rings. The van der Waals surface area contributed by atoms with Gasteiger partial charge in [-0.3, -0.25) is 8.97 Å². The number of fused-ring (bicyclic) bond motifs is 3. The van der Waals surface area contributed by atoms with Crippen molar-refractivity contribution in [2.75, 3.05) is 0 Å². The standard InChI is InChI=1S/C21H16N4O/c1-2-5-16(6-3-1)15-26-18-10-8-17(9-11-18)25-20-19(7-4-12-22-20)24-14-13-23-21(24)25/h1-14H,15H2. The molecule has 0 spiro atoms. The smallest absolute Gasteiger partial charge is 0.220 e. The Morgan fingerprint density at radius 3 is 2.50 bits per heavy atom. The molecule has 0 aliphatic rings. The van der Waals surface area contributed by atoms with Crippen LogP contribution in [0.5, 0.6) is 5.75 Å². The van der Waals surface area contributed by atoms with Crippen molar-refractivity contribution in [2.45, 2.75) is 6.61 Å². The molecular formula is C21H16N4O. The number of aromatic nitrogens is 4. The molecule has 0 unspecified atom stereocenters. The lowest BCUT2D eigenvalue weighted by atomic mass is 10.2. The van der Waals surface area contributed by atoms with Crippen LogP contribution < -0.4 is 4.74 Å². The lowest BCUT2D eigenvalue weighted by molar-refractivity contribution is 0.306. The van der Waals surface area contributed by atoms with Crippen LogP contribution >= 0.6 is 0 Å². The summed E-state index contributed by atoms with van der Waals surface area (Å²) in [4.78, 5) is 9.02. The summed E-state index contributed by atoms with van der Waals surface area (Å²) < 4.78 is 9.97. The Morgan fingerprint density at radius 2 is 1.65 bits per heavy atom. The van der Waals surface area contributed by atoms with Crippen molar-refractivity contribution in [1.82, 2.24) is 18.9 Å². The van der Waals surface area contributed by atoms with Crippen LogP contribution in [0, 0.1) is 0 Å². The second kappa shape index (κ2) is 6.04. The molecule has 0 aliphatic carbocycles. The van der Waals surface area contributed by atoms with E-state index in [0.29, 0.717) is 6.61 Å². The average Bonchev–Trinajstić information content (AvgIpc) is 3.29. The fraction of sp³-hybridized carbons (Fsp3) is 0.0476. The van der Waals surface area contributed by atoms with Crippen LogP contribution in [0.1, 0.15) is 5.56 Å². The summed E-state index contributed by atoms with van der Waals surface area (Å²) in [6.45, 7) is 0.554. The molecule has 0 N–H and O–H groups in total. The first kappa shape index (κ1) is 14.7. The topological polar surface area (TPSA) is 44.4 Å². The average molecular weight is 340 g/mol. The number of imidazole rings is 2. The summed E-state index contributed by atoms with van der Waals surface area (Å²) in [5, 5.41) is 0. The van der Waals surface area contributed by atoms with Crippen molar-refractivity contribution in [3.63, 3.8) is 0 Å². The molecule has 0 aliphatic heterocycles. The van der Waals surface area contributed by atoms with E-state index in [0.717, 1.165) is 33.9 Å².